The lowest BCUT2D eigenvalue weighted by Gasteiger charge is -2.05. The second kappa shape index (κ2) is 5.01. The number of aromatic hydroxyl groups is 1. The van der Waals surface area contributed by atoms with Crippen molar-refractivity contribution >= 4 is 22.9 Å². The van der Waals surface area contributed by atoms with Crippen molar-refractivity contribution in [2.45, 2.75) is 13.3 Å². The fourth-order valence-corrected chi connectivity index (χ4v) is 2.44. The standard InChI is InChI=1S/C13H13NO2S/c1-2-9-7-8-17-12(9)13(16)14-10-3-5-11(15)6-4-10/h3-8,15H,2H2,1H3,(H,14,16). The van der Waals surface area contributed by atoms with Crippen LogP contribution in [0.2, 0.25) is 0 Å². The Labute approximate surface area is 104 Å². The van der Waals surface area contributed by atoms with Gasteiger partial charge in [-0.1, -0.05) is 6.92 Å². The summed E-state index contributed by atoms with van der Waals surface area (Å²) in [6.45, 7) is 2.03. The van der Waals surface area contributed by atoms with Crippen LogP contribution in [0.4, 0.5) is 5.69 Å². The van der Waals surface area contributed by atoms with Gasteiger partial charge in [0, 0.05) is 5.69 Å². The number of phenolic OH excluding ortho intramolecular Hbond substituents is 1. The summed E-state index contributed by atoms with van der Waals surface area (Å²) in [5.74, 6) is 0.0934. The minimum Gasteiger partial charge on any atom is -0.508 e. The first kappa shape index (κ1) is 11.7. The monoisotopic (exact) mass is 247 g/mol. The van der Waals surface area contributed by atoms with E-state index in [1.54, 1.807) is 24.3 Å². The number of amides is 1. The minimum absolute atomic E-state index is 0.0949. The summed E-state index contributed by atoms with van der Waals surface area (Å²) in [5.41, 5.74) is 1.74. The van der Waals surface area contributed by atoms with Gasteiger partial charge in [-0.25, -0.2) is 0 Å². The third-order valence-corrected chi connectivity index (χ3v) is 3.41. The molecule has 0 aliphatic rings. The van der Waals surface area contributed by atoms with E-state index in [-0.39, 0.29) is 11.7 Å². The summed E-state index contributed by atoms with van der Waals surface area (Å²) in [5, 5.41) is 13.9. The zero-order valence-electron chi connectivity index (χ0n) is 9.43. The normalized spacial score (nSPS) is 10.2. The van der Waals surface area contributed by atoms with Gasteiger partial charge in [0.05, 0.1) is 4.88 Å². The summed E-state index contributed by atoms with van der Waals surface area (Å²) in [7, 11) is 0. The van der Waals surface area contributed by atoms with Crippen molar-refractivity contribution in [2.75, 3.05) is 5.32 Å². The topological polar surface area (TPSA) is 49.3 Å². The van der Waals surface area contributed by atoms with Gasteiger partial charge in [0.2, 0.25) is 0 Å². The van der Waals surface area contributed by atoms with E-state index in [2.05, 4.69) is 5.32 Å². The lowest BCUT2D eigenvalue weighted by molar-refractivity contribution is 0.103. The predicted molar refractivity (Wildman–Crippen MR) is 69.8 cm³/mol. The summed E-state index contributed by atoms with van der Waals surface area (Å²) in [6, 6.07) is 8.41. The first-order valence-corrected chi connectivity index (χ1v) is 6.25. The molecule has 3 nitrogen and oxygen atoms in total. The molecule has 0 saturated carbocycles. The van der Waals surface area contributed by atoms with E-state index >= 15 is 0 Å². The van der Waals surface area contributed by atoms with E-state index in [1.165, 1.54) is 11.3 Å². The van der Waals surface area contributed by atoms with Gasteiger partial charge >= 0.3 is 0 Å². The highest BCUT2D eigenvalue weighted by molar-refractivity contribution is 7.12. The van der Waals surface area contributed by atoms with Gasteiger partial charge in [-0.2, -0.15) is 0 Å². The van der Waals surface area contributed by atoms with Crippen LogP contribution in [-0.4, -0.2) is 11.0 Å². The van der Waals surface area contributed by atoms with Gasteiger partial charge in [0.15, 0.2) is 0 Å². The number of carbonyl (C=O) groups is 1. The molecule has 1 aromatic heterocycles. The Morgan fingerprint density at radius 1 is 1.29 bits per heavy atom. The van der Waals surface area contributed by atoms with Gasteiger partial charge in [-0.15, -0.1) is 11.3 Å². The van der Waals surface area contributed by atoms with Crippen molar-refractivity contribution in [2.24, 2.45) is 0 Å². The lowest BCUT2D eigenvalue weighted by Crippen LogP contribution is -2.11. The van der Waals surface area contributed by atoms with Crippen molar-refractivity contribution < 1.29 is 9.90 Å². The Kier molecular flexibility index (Phi) is 3.44. The molecule has 2 aromatic rings. The van der Waals surface area contributed by atoms with Crippen molar-refractivity contribution in [1.82, 2.24) is 0 Å². The molecule has 0 saturated heterocycles. The Hall–Kier alpha value is -1.81. The van der Waals surface area contributed by atoms with E-state index in [9.17, 15) is 4.79 Å². The number of nitrogens with one attached hydrogen (secondary N) is 1. The quantitative estimate of drug-likeness (QED) is 0.818. The summed E-state index contributed by atoms with van der Waals surface area (Å²) < 4.78 is 0. The number of benzene rings is 1. The lowest BCUT2D eigenvalue weighted by atomic mass is 10.2. The SMILES string of the molecule is CCc1ccsc1C(=O)Nc1ccc(O)cc1. The zero-order valence-corrected chi connectivity index (χ0v) is 10.3. The Balaban J connectivity index is 2.14. The fraction of sp³-hybridized carbons (Fsp3) is 0.154. The van der Waals surface area contributed by atoms with E-state index in [4.69, 9.17) is 5.11 Å². The number of hydrogen-bond acceptors (Lipinski definition) is 3. The maximum Gasteiger partial charge on any atom is 0.266 e. The highest BCUT2D eigenvalue weighted by Crippen LogP contribution is 2.20. The number of carbonyl (C=O) groups excluding carboxylic acids is 1. The van der Waals surface area contributed by atoms with Crippen LogP contribution in [0.3, 0.4) is 0 Å². The third-order valence-electron chi connectivity index (χ3n) is 2.46. The summed E-state index contributed by atoms with van der Waals surface area (Å²) in [6.07, 6.45) is 0.849. The molecule has 0 unspecified atom stereocenters. The second-order valence-corrected chi connectivity index (χ2v) is 4.55. The number of aryl methyl sites for hydroxylation is 1. The van der Waals surface area contributed by atoms with E-state index in [1.807, 2.05) is 18.4 Å². The highest BCUT2D eigenvalue weighted by atomic mass is 32.1. The van der Waals surface area contributed by atoms with Gasteiger partial charge in [-0.05, 0) is 47.7 Å². The van der Waals surface area contributed by atoms with Crippen molar-refractivity contribution in [3.8, 4) is 5.75 Å². The van der Waals surface area contributed by atoms with Gasteiger partial charge < -0.3 is 10.4 Å². The molecule has 1 amide bonds. The van der Waals surface area contributed by atoms with Crippen LogP contribution in [0.15, 0.2) is 35.7 Å². The average molecular weight is 247 g/mol. The molecule has 0 radical (unpaired) electrons. The number of hydrogen-bond donors (Lipinski definition) is 2. The molecule has 2 rings (SSSR count). The number of phenols is 1. The van der Waals surface area contributed by atoms with Crippen LogP contribution in [-0.2, 0) is 6.42 Å². The second-order valence-electron chi connectivity index (χ2n) is 3.63. The van der Waals surface area contributed by atoms with Crippen LogP contribution in [0.1, 0.15) is 22.2 Å². The molecule has 0 aliphatic heterocycles. The highest BCUT2D eigenvalue weighted by Gasteiger charge is 2.11. The van der Waals surface area contributed by atoms with Crippen molar-refractivity contribution in [3.05, 3.63) is 46.2 Å². The van der Waals surface area contributed by atoms with Crippen LogP contribution in [0.5, 0.6) is 5.75 Å². The maximum absolute atomic E-state index is 12.0. The van der Waals surface area contributed by atoms with E-state index in [0.29, 0.717) is 5.69 Å². The van der Waals surface area contributed by atoms with Crippen molar-refractivity contribution in [1.29, 1.82) is 0 Å². The van der Waals surface area contributed by atoms with Crippen LogP contribution in [0, 0.1) is 0 Å². The average Bonchev–Trinajstić information content (AvgIpc) is 2.80. The molecule has 0 bridgehead atoms. The minimum atomic E-state index is -0.0949. The first-order valence-electron chi connectivity index (χ1n) is 5.37. The molecular formula is C13H13NO2S. The summed E-state index contributed by atoms with van der Waals surface area (Å²) >= 11 is 1.44. The zero-order chi connectivity index (χ0) is 12.3. The maximum atomic E-state index is 12.0. The molecule has 0 aliphatic carbocycles. The van der Waals surface area contributed by atoms with Gasteiger partial charge in [0.1, 0.15) is 5.75 Å². The summed E-state index contributed by atoms with van der Waals surface area (Å²) in [4.78, 5) is 12.7. The molecule has 88 valence electrons. The number of thiophene rings is 1. The van der Waals surface area contributed by atoms with Crippen LogP contribution < -0.4 is 5.32 Å². The number of anilines is 1. The van der Waals surface area contributed by atoms with Crippen LogP contribution in [0.25, 0.3) is 0 Å². The number of rotatable bonds is 3. The largest absolute Gasteiger partial charge is 0.508 e. The van der Waals surface area contributed by atoms with Crippen LogP contribution >= 0.6 is 11.3 Å². The Bertz CT molecular complexity index is 516. The molecule has 1 heterocycles. The molecule has 2 N–H and O–H groups in total. The van der Waals surface area contributed by atoms with Gasteiger partial charge in [0.25, 0.3) is 5.91 Å². The van der Waals surface area contributed by atoms with Gasteiger partial charge in [-0.3, -0.25) is 4.79 Å². The van der Waals surface area contributed by atoms with E-state index in [0.717, 1.165) is 16.9 Å². The molecule has 0 fully saturated rings. The smallest absolute Gasteiger partial charge is 0.266 e. The Morgan fingerprint density at radius 2 is 2.00 bits per heavy atom. The van der Waals surface area contributed by atoms with E-state index < -0.39 is 0 Å². The first-order chi connectivity index (χ1) is 8.20. The van der Waals surface area contributed by atoms with Crippen molar-refractivity contribution in [3.63, 3.8) is 0 Å². The molecule has 0 spiro atoms. The third kappa shape index (κ3) is 2.65. The molecule has 1 aromatic carbocycles. The molecule has 4 heteroatoms. The Morgan fingerprint density at radius 3 is 2.65 bits per heavy atom. The molecule has 17 heavy (non-hydrogen) atoms. The fourth-order valence-electron chi connectivity index (χ4n) is 1.55. The molecule has 0 atom stereocenters. The molecular weight excluding hydrogens is 234 g/mol. The predicted octanol–water partition coefficient (Wildman–Crippen LogP) is 3.27.